The molecule has 4 nitrogen and oxygen atoms in total. The molecule has 0 spiro atoms. The van der Waals surface area contributed by atoms with Gasteiger partial charge >= 0.3 is 0 Å². The van der Waals surface area contributed by atoms with Crippen molar-refractivity contribution in [2.24, 2.45) is 0 Å². The molecule has 4 rings (SSSR count). The summed E-state index contributed by atoms with van der Waals surface area (Å²) >= 11 is 0. The average Bonchev–Trinajstić information content (AvgIpc) is 2.81. The molecule has 0 amide bonds. The van der Waals surface area contributed by atoms with Crippen molar-refractivity contribution in [2.45, 2.75) is 44.8 Å². The lowest BCUT2D eigenvalue weighted by Gasteiger charge is -2.35. The number of rotatable bonds is 3. The second-order valence-corrected chi connectivity index (χ2v) is 6.25. The summed E-state index contributed by atoms with van der Waals surface area (Å²) in [6, 6.07) is 9.38. The van der Waals surface area contributed by atoms with E-state index >= 15 is 0 Å². The van der Waals surface area contributed by atoms with Crippen molar-refractivity contribution in [3.05, 3.63) is 53.1 Å². The van der Waals surface area contributed by atoms with Crippen LogP contribution in [-0.4, -0.2) is 28.0 Å². The van der Waals surface area contributed by atoms with Crippen molar-refractivity contribution in [2.75, 3.05) is 7.11 Å². The van der Waals surface area contributed by atoms with Crippen LogP contribution in [-0.2, 0) is 13.0 Å². The zero-order chi connectivity index (χ0) is 15.1. The highest BCUT2D eigenvalue weighted by Crippen LogP contribution is 2.44. The van der Waals surface area contributed by atoms with Gasteiger partial charge in [0.2, 0.25) is 0 Å². The number of hydrogen-bond acceptors (Lipinski definition) is 4. The molecule has 3 heterocycles. The highest BCUT2D eigenvalue weighted by Gasteiger charge is 2.40. The summed E-state index contributed by atoms with van der Waals surface area (Å²) in [7, 11) is 1.75. The van der Waals surface area contributed by atoms with Crippen LogP contribution in [0.3, 0.4) is 0 Å². The summed E-state index contributed by atoms with van der Waals surface area (Å²) in [5, 5.41) is 0. The third-order valence-electron chi connectivity index (χ3n) is 5.00. The number of benzene rings is 1. The van der Waals surface area contributed by atoms with Gasteiger partial charge in [-0.1, -0.05) is 18.2 Å². The van der Waals surface area contributed by atoms with Crippen LogP contribution in [0.5, 0.6) is 5.75 Å². The first-order valence-corrected chi connectivity index (χ1v) is 7.96. The maximum Gasteiger partial charge on any atom is 0.125 e. The monoisotopic (exact) mass is 295 g/mol. The Bertz CT molecular complexity index is 700. The lowest BCUT2D eigenvalue weighted by atomic mass is 9.98. The first-order valence-electron chi connectivity index (χ1n) is 7.96. The van der Waals surface area contributed by atoms with Crippen LogP contribution >= 0.6 is 0 Å². The number of ether oxygens (including phenoxy) is 1. The molecular formula is C18H21N3O. The topological polar surface area (TPSA) is 38.2 Å². The van der Waals surface area contributed by atoms with Crippen LogP contribution in [0.2, 0.25) is 0 Å². The third kappa shape index (κ3) is 2.18. The smallest absolute Gasteiger partial charge is 0.125 e. The number of fused-ring (bicyclic) bond motifs is 4. The SMILES string of the molecule is COc1ccccc1CN1[C@H]2CC[C@@H]1c1cnc(C)nc1C2. The molecule has 2 atom stereocenters. The van der Waals surface area contributed by atoms with Crippen molar-refractivity contribution >= 4 is 0 Å². The second kappa shape index (κ2) is 5.36. The van der Waals surface area contributed by atoms with E-state index in [4.69, 9.17) is 4.74 Å². The number of nitrogens with zero attached hydrogens (tertiary/aromatic N) is 3. The summed E-state index contributed by atoms with van der Waals surface area (Å²) in [4.78, 5) is 11.7. The fourth-order valence-electron chi connectivity index (χ4n) is 3.95. The number of hydrogen-bond donors (Lipinski definition) is 0. The summed E-state index contributed by atoms with van der Waals surface area (Å²) in [5.41, 5.74) is 3.85. The van der Waals surface area contributed by atoms with E-state index < -0.39 is 0 Å². The van der Waals surface area contributed by atoms with Gasteiger partial charge in [-0.2, -0.15) is 0 Å². The van der Waals surface area contributed by atoms with Gasteiger partial charge in [-0.25, -0.2) is 9.97 Å². The summed E-state index contributed by atoms with van der Waals surface area (Å²) in [6.07, 6.45) is 5.54. The van der Waals surface area contributed by atoms with Crippen molar-refractivity contribution in [3.8, 4) is 5.75 Å². The molecule has 2 bridgehead atoms. The summed E-state index contributed by atoms with van der Waals surface area (Å²) in [5.74, 6) is 1.86. The Kier molecular flexibility index (Phi) is 3.34. The van der Waals surface area contributed by atoms with Crippen LogP contribution in [0, 0.1) is 6.92 Å². The van der Waals surface area contributed by atoms with Gasteiger partial charge in [0.05, 0.1) is 12.8 Å². The molecule has 0 aliphatic carbocycles. The molecule has 0 radical (unpaired) electrons. The van der Waals surface area contributed by atoms with Crippen LogP contribution in [0.1, 0.15) is 41.5 Å². The van der Waals surface area contributed by atoms with E-state index in [1.165, 1.54) is 29.7 Å². The second-order valence-electron chi connectivity index (χ2n) is 6.25. The Balaban J connectivity index is 1.66. The molecule has 2 aromatic rings. The van der Waals surface area contributed by atoms with Crippen LogP contribution in [0.4, 0.5) is 0 Å². The molecule has 22 heavy (non-hydrogen) atoms. The van der Waals surface area contributed by atoms with E-state index in [1.54, 1.807) is 7.11 Å². The molecule has 1 aromatic heterocycles. The van der Waals surface area contributed by atoms with Gasteiger partial charge in [0, 0.05) is 42.4 Å². The van der Waals surface area contributed by atoms with Gasteiger partial charge in [0.1, 0.15) is 11.6 Å². The molecule has 2 aliphatic heterocycles. The molecule has 1 aromatic carbocycles. The van der Waals surface area contributed by atoms with Crippen LogP contribution in [0.15, 0.2) is 30.5 Å². The fourth-order valence-corrected chi connectivity index (χ4v) is 3.95. The van der Waals surface area contributed by atoms with Gasteiger partial charge in [0.25, 0.3) is 0 Å². The van der Waals surface area contributed by atoms with Crippen molar-refractivity contribution in [3.63, 3.8) is 0 Å². The third-order valence-corrected chi connectivity index (χ3v) is 5.00. The molecular weight excluding hydrogens is 274 g/mol. The maximum atomic E-state index is 5.51. The quantitative estimate of drug-likeness (QED) is 0.872. The first kappa shape index (κ1) is 13.7. The fraction of sp³-hybridized carbons (Fsp3) is 0.444. The normalized spacial score (nSPS) is 23.4. The van der Waals surface area contributed by atoms with E-state index in [-0.39, 0.29) is 0 Å². The molecule has 0 N–H and O–H groups in total. The molecule has 0 unspecified atom stereocenters. The Labute approximate surface area is 131 Å². The van der Waals surface area contributed by atoms with Gasteiger partial charge in [-0.05, 0) is 25.8 Å². The molecule has 0 saturated carbocycles. The van der Waals surface area contributed by atoms with E-state index in [2.05, 4.69) is 27.0 Å². The summed E-state index contributed by atoms with van der Waals surface area (Å²) < 4.78 is 5.51. The molecule has 114 valence electrons. The van der Waals surface area contributed by atoms with Crippen molar-refractivity contribution < 1.29 is 4.74 Å². The lowest BCUT2D eigenvalue weighted by Crippen LogP contribution is -2.37. The van der Waals surface area contributed by atoms with E-state index in [0.29, 0.717) is 12.1 Å². The number of aromatic nitrogens is 2. The minimum Gasteiger partial charge on any atom is -0.496 e. The largest absolute Gasteiger partial charge is 0.496 e. The predicted molar refractivity (Wildman–Crippen MR) is 84.8 cm³/mol. The molecule has 4 heteroatoms. The van der Waals surface area contributed by atoms with Gasteiger partial charge in [0.15, 0.2) is 0 Å². The highest BCUT2D eigenvalue weighted by atomic mass is 16.5. The Hall–Kier alpha value is -1.94. The molecule has 1 fully saturated rings. The van der Waals surface area contributed by atoms with Crippen molar-refractivity contribution in [1.82, 2.24) is 14.9 Å². The number of aryl methyl sites for hydroxylation is 1. The first-order chi connectivity index (χ1) is 10.8. The Morgan fingerprint density at radius 2 is 2.14 bits per heavy atom. The Morgan fingerprint density at radius 3 is 3.00 bits per heavy atom. The lowest BCUT2D eigenvalue weighted by molar-refractivity contribution is 0.164. The van der Waals surface area contributed by atoms with E-state index in [1.807, 2.05) is 25.3 Å². The summed E-state index contributed by atoms with van der Waals surface area (Å²) in [6.45, 7) is 2.91. The standard InChI is InChI=1S/C18H21N3O/c1-12-19-10-15-16(20-12)9-14-7-8-17(15)21(14)11-13-5-3-4-6-18(13)22-2/h3-6,10,14,17H,7-9,11H2,1-2H3/t14-,17+/m0/s1. The number of para-hydroxylation sites is 1. The minimum atomic E-state index is 0.458. The molecule has 2 aliphatic rings. The van der Waals surface area contributed by atoms with Crippen LogP contribution < -0.4 is 4.74 Å². The van der Waals surface area contributed by atoms with Crippen molar-refractivity contribution in [1.29, 1.82) is 0 Å². The Morgan fingerprint density at radius 1 is 1.27 bits per heavy atom. The highest BCUT2D eigenvalue weighted by molar-refractivity contribution is 5.35. The average molecular weight is 295 g/mol. The zero-order valence-electron chi connectivity index (χ0n) is 13.1. The molecule has 1 saturated heterocycles. The maximum absolute atomic E-state index is 5.51. The zero-order valence-corrected chi connectivity index (χ0v) is 13.1. The van der Waals surface area contributed by atoms with Gasteiger partial charge in [-0.3, -0.25) is 4.90 Å². The van der Waals surface area contributed by atoms with E-state index in [9.17, 15) is 0 Å². The van der Waals surface area contributed by atoms with Gasteiger partial charge < -0.3 is 4.74 Å². The van der Waals surface area contributed by atoms with E-state index in [0.717, 1.165) is 24.5 Å². The predicted octanol–water partition coefficient (Wildman–Crippen LogP) is 3.06. The minimum absolute atomic E-state index is 0.458. The number of methoxy groups -OCH3 is 1. The van der Waals surface area contributed by atoms with Gasteiger partial charge in [-0.15, -0.1) is 0 Å². The van der Waals surface area contributed by atoms with Crippen LogP contribution in [0.25, 0.3) is 0 Å².